The van der Waals surface area contributed by atoms with Crippen LogP contribution < -0.4 is 0 Å². The average Bonchev–Trinajstić information content (AvgIpc) is 3.09. The SMILES string of the molecule is Cc1cccc(C#Cc2ccc(-c3nn(C)cc3-c3ccnnc3)cc2)n1. The zero-order chi connectivity index (χ0) is 18.6. The van der Waals surface area contributed by atoms with Gasteiger partial charge in [0.15, 0.2) is 0 Å². The van der Waals surface area contributed by atoms with Gasteiger partial charge in [0.1, 0.15) is 11.4 Å². The van der Waals surface area contributed by atoms with Crippen LogP contribution in [0.3, 0.4) is 0 Å². The summed E-state index contributed by atoms with van der Waals surface area (Å²) in [7, 11) is 1.91. The molecule has 0 fully saturated rings. The maximum absolute atomic E-state index is 4.61. The first kappa shape index (κ1) is 16.7. The smallest absolute Gasteiger partial charge is 0.113 e. The Labute approximate surface area is 157 Å². The van der Waals surface area contributed by atoms with Crippen molar-refractivity contribution in [3.8, 4) is 34.2 Å². The van der Waals surface area contributed by atoms with Gasteiger partial charge in [-0.1, -0.05) is 24.1 Å². The molecule has 1 aromatic carbocycles. The molecule has 4 aromatic rings. The summed E-state index contributed by atoms with van der Waals surface area (Å²) in [6.07, 6.45) is 5.42. The Morgan fingerprint density at radius 3 is 2.48 bits per heavy atom. The first-order valence-electron chi connectivity index (χ1n) is 8.56. The van der Waals surface area contributed by atoms with Gasteiger partial charge in [0.25, 0.3) is 0 Å². The molecule has 27 heavy (non-hydrogen) atoms. The molecule has 5 heteroatoms. The van der Waals surface area contributed by atoms with Crippen LogP contribution in [0.1, 0.15) is 17.0 Å². The van der Waals surface area contributed by atoms with Crippen LogP contribution in [0.15, 0.2) is 67.1 Å². The minimum atomic E-state index is 0.774. The molecule has 0 aliphatic carbocycles. The minimum absolute atomic E-state index is 0.774. The second kappa shape index (κ2) is 7.22. The molecule has 0 aliphatic rings. The number of benzene rings is 1. The fourth-order valence-electron chi connectivity index (χ4n) is 2.82. The summed E-state index contributed by atoms with van der Waals surface area (Å²) in [4.78, 5) is 4.40. The van der Waals surface area contributed by atoms with Crippen molar-refractivity contribution in [1.82, 2.24) is 25.0 Å². The van der Waals surface area contributed by atoms with E-state index < -0.39 is 0 Å². The molecule has 0 bridgehead atoms. The van der Waals surface area contributed by atoms with Gasteiger partial charge in [-0.25, -0.2) is 4.98 Å². The van der Waals surface area contributed by atoms with Crippen molar-refractivity contribution in [3.05, 3.63) is 84.1 Å². The van der Waals surface area contributed by atoms with E-state index in [1.165, 1.54) is 0 Å². The molecular formula is C22H17N5. The molecule has 0 saturated carbocycles. The van der Waals surface area contributed by atoms with Gasteiger partial charge >= 0.3 is 0 Å². The Morgan fingerprint density at radius 1 is 0.889 bits per heavy atom. The summed E-state index contributed by atoms with van der Waals surface area (Å²) in [6, 6.07) is 15.8. The highest BCUT2D eigenvalue weighted by atomic mass is 15.3. The van der Waals surface area contributed by atoms with Crippen molar-refractivity contribution in [2.45, 2.75) is 6.92 Å². The maximum Gasteiger partial charge on any atom is 0.113 e. The fourth-order valence-corrected chi connectivity index (χ4v) is 2.82. The van der Waals surface area contributed by atoms with Crippen LogP contribution in [0.25, 0.3) is 22.4 Å². The largest absolute Gasteiger partial charge is 0.275 e. The predicted octanol–water partition coefficient (Wildman–Crippen LogP) is 3.65. The molecule has 0 saturated heterocycles. The van der Waals surface area contributed by atoms with Crippen LogP contribution in [-0.4, -0.2) is 25.0 Å². The van der Waals surface area contributed by atoms with Crippen LogP contribution in [-0.2, 0) is 7.05 Å². The molecule has 4 rings (SSSR count). The molecular weight excluding hydrogens is 334 g/mol. The van der Waals surface area contributed by atoms with Gasteiger partial charge in [-0.3, -0.25) is 4.68 Å². The van der Waals surface area contributed by atoms with Crippen molar-refractivity contribution in [2.75, 3.05) is 0 Å². The van der Waals surface area contributed by atoms with E-state index in [1.54, 1.807) is 12.4 Å². The summed E-state index contributed by atoms with van der Waals surface area (Å²) in [5.74, 6) is 6.27. The van der Waals surface area contributed by atoms with Gasteiger partial charge in [0.2, 0.25) is 0 Å². The van der Waals surface area contributed by atoms with Gasteiger partial charge in [-0.15, -0.1) is 0 Å². The van der Waals surface area contributed by atoms with E-state index in [4.69, 9.17) is 0 Å². The lowest BCUT2D eigenvalue weighted by molar-refractivity contribution is 0.771. The molecule has 0 aliphatic heterocycles. The number of nitrogens with zero attached hydrogens (tertiary/aromatic N) is 5. The highest BCUT2D eigenvalue weighted by Gasteiger charge is 2.12. The quantitative estimate of drug-likeness (QED) is 0.517. The summed E-state index contributed by atoms with van der Waals surface area (Å²) in [6.45, 7) is 1.96. The van der Waals surface area contributed by atoms with Crippen LogP contribution in [0.5, 0.6) is 0 Å². The molecule has 3 aromatic heterocycles. The van der Waals surface area contributed by atoms with E-state index >= 15 is 0 Å². The molecule has 0 radical (unpaired) electrons. The van der Waals surface area contributed by atoms with Gasteiger partial charge in [-0.05, 0) is 43.2 Å². The van der Waals surface area contributed by atoms with Crippen LogP contribution in [0.2, 0.25) is 0 Å². The van der Waals surface area contributed by atoms with E-state index in [2.05, 4.69) is 32.1 Å². The van der Waals surface area contributed by atoms with Crippen molar-refractivity contribution >= 4 is 0 Å². The van der Waals surface area contributed by atoms with E-state index in [9.17, 15) is 0 Å². The summed E-state index contributed by atoms with van der Waals surface area (Å²) < 4.78 is 1.81. The van der Waals surface area contributed by atoms with Gasteiger partial charge < -0.3 is 0 Å². The molecule has 0 spiro atoms. The molecule has 130 valence electrons. The third-order valence-corrected chi connectivity index (χ3v) is 4.11. The Balaban J connectivity index is 1.64. The highest BCUT2D eigenvalue weighted by Crippen LogP contribution is 2.30. The number of hydrogen-bond donors (Lipinski definition) is 0. The van der Waals surface area contributed by atoms with Crippen molar-refractivity contribution in [2.24, 2.45) is 7.05 Å². The summed E-state index contributed by atoms with van der Waals surface area (Å²) in [5.41, 5.74) is 6.62. The first-order valence-corrected chi connectivity index (χ1v) is 8.56. The molecule has 0 unspecified atom stereocenters. The minimum Gasteiger partial charge on any atom is -0.275 e. The van der Waals surface area contributed by atoms with E-state index in [-0.39, 0.29) is 0 Å². The van der Waals surface area contributed by atoms with E-state index in [1.807, 2.05) is 73.4 Å². The highest BCUT2D eigenvalue weighted by molar-refractivity contribution is 5.80. The van der Waals surface area contributed by atoms with Crippen LogP contribution in [0, 0.1) is 18.8 Å². The summed E-state index contributed by atoms with van der Waals surface area (Å²) in [5, 5.41) is 12.4. The van der Waals surface area contributed by atoms with Crippen molar-refractivity contribution < 1.29 is 0 Å². The van der Waals surface area contributed by atoms with Gasteiger partial charge in [-0.2, -0.15) is 15.3 Å². The van der Waals surface area contributed by atoms with Crippen molar-refractivity contribution in [1.29, 1.82) is 0 Å². The van der Waals surface area contributed by atoms with Gasteiger partial charge in [0, 0.05) is 41.2 Å². The topological polar surface area (TPSA) is 56.5 Å². The zero-order valence-corrected chi connectivity index (χ0v) is 15.1. The lowest BCUT2D eigenvalue weighted by Crippen LogP contribution is -1.88. The number of rotatable bonds is 2. The molecule has 0 amide bonds. The standard InChI is InChI=1S/C22H17N5/c1-16-4-3-5-20(25-16)11-8-17-6-9-18(10-7-17)22-21(15-27(2)26-22)19-12-13-23-24-14-19/h3-7,9-10,12-15H,1-2H3. The second-order valence-electron chi connectivity index (χ2n) is 6.19. The number of pyridine rings is 1. The third kappa shape index (κ3) is 3.75. The zero-order valence-electron chi connectivity index (χ0n) is 15.1. The molecule has 0 atom stereocenters. The average molecular weight is 351 g/mol. The van der Waals surface area contributed by atoms with Gasteiger partial charge in [0.05, 0.1) is 12.4 Å². The van der Waals surface area contributed by atoms with E-state index in [0.29, 0.717) is 0 Å². The summed E-state index contributed by atoms with van der Waals surface area (Å²) >= 11 is 0. The third-order valence-electron chi connectivity index (χ3n) is 4.11. The lowest BCUT2D eigenvalue weighted by Gasteiger charge is -2.02. The fraction of sp³-hybridized carbons (Fsp3) is 0.0909. The normalized spacial score (nSPS) is 10.3. The Morgan fingerprint density at radius 2 is 1.74 bits per heavy atom. The number of aryl methyl sites for hydroxylation is 2. The van der Waals surface area contributed by atoms with E-state index in [0.717, 1.165) is 39.3 Å². The molecule has 0 N–H and O–H groups in total. The monoisotopic (exact) mass is 351 g/mol. The Kier molecular flexibility index (Phi) is 4.46. The second-order valence-corrected chi connectivity index (χ2v) is 6.19. The Bertz CT molecular complexity index is 1130. The number of aromatic nitrogens is 5. The van der Waals surface area contributed by atoms with Crippen LogP contribution in [0.4, 0.5) is 0 Å². The first-order chi connectivity index (χ1) is 13.2. The Hall–Kier alpha value is -3.78. The van der Waals surface area contributed by atoms with Crippen molar-refractivity contribution in [3.63, 3.8) is 0 Å². The predicted molar refractivity (Wildman–Crippen MR) is 105 cm³/mol. The molecule has 5 nitrogen and oxygen atoms in total. The van der Waals surface area contributed by atoms with Crippen LogP contribution >= 0.6 is 0 Å². The maximum atomic E-state index is 4.61. The lowest BCUT2D eigenvalue weighted by atomic mass is 10.0. The molecule has 3 heterocycles. The number of hydrogen-bond acceptors (Lipinski definition) is 4.